The Morgan fingerprint density at radius 1 is 1.33 bits per heavy atom. The second-order valence-electron chi connectivity index (χ2n) is 2.68. The van der Waals surface area contributed by atoms with Gasteiger partial charge in [0.05, 0.1) is 4.92 Å². The summed E-state index contributed by atoms with van der Waals surface area (Å²) < 4.78 is 0. The highest BCUT2D eigenvalue weighted by molar-refractivity contribution is 7.80. The van der Waals surface area contributed by atoms with Crippen LogP contribution in [0.2, 0.25) is 0 Å². The molecular formula is C8H9NO2S. The molecule has 0 atom stereocenters. The van der Waals surface area contributed by atoms with Crippen LogP contribution in [0.5, 0.6) is 0 Å². The Balaban J connectivity index is 3.33. The van der Waals surface area contributed by atoms with Crippen molar-refractivity contribution in [1.29, 1.82) is 0 Å². The Morgan fingerprint density at radius 3 is 2.42 bits per heavy atom. The summed E-state index contributed by atoms with van der Waals surface area (Å²) in [6.45, 7) is 3.59. The molecule has 0 aliphatic carbocycles. The molecule has 1 aromatic rings. The van der Waals surface area contributed by atoms with E-state index >= 15 is 0 Å². The van der Waals surface area contributed by atoms with Gasteiger partial charge in [0.1, 0.15) is 0 Å². The highest BCUT2D eigenvalue weighted by Gasteiger charge is 2.11. The van der Waals surface area contributed by atoms with Crippen LogP contribution in [-0.4, -0.2) is 4.92 Å². The van der Waals surface area contributed by atoms with Crippen LogP contribution in [0.4, 0.5) is 5.69 Å². The van der Waals surface area contributed by atoms with E-state index < -0.39 is 4.92 Å². The van der Waals surface area contributed by atoms with E-state index in [-0.39, 0.29) is 5.69 Å². The average Bonchev–Trinajstić information content (AvgIpc) is 1.96. The summed E-state index contributed by atoms with van der Waals surface area (Å²) in [5.74, 6) is 0. The van der Waals surface area contributed by atoms with Crippen LogP contribution in [0.3, 0.4) is 0 Å². The Bertz CT molecular complexity index is 336. The minimum Gasteiger partial charge on any atom is -0.258 e. The predicted octanol–water partition coefficient (Wildman–Crippen LogP) is 2.50. The lowest BCUT2D eigenvalue weighted by atomic mass is 10.1. The number of aryl methyl sites for hydroxylation is 2. The number of hydrogen-bond acceptors (Lipinski definition) is 3. The van der Waals surface area contributed by atoms with Gasteiger partial charge in [-0.1, -0.05) is 0 Å². The normalized spacial score (nSPS) is 9.92. The second-order valence-corrected chi connectivity index (χ2v) is 3.16. The van der Waals surface area contributed by atoms with E-state index in [1.807, 2.05) is 6.92 Å². The topological polar surface area (TPSA) is 43.1 Å². The van der Waals surface area contributed by atoms with Crippen molar-refractivity contribution < 1.29 is 4.92 Å². The SMILES string of the molecule is Cc1cc(C)c([N+](=O)[O-])cc1S. The van der Waals surface area contributed by atoms with Crippen LogP contribution in [0.15, 0.2) is 17.0 Å². The molecule has 1 aromatic carbocycles. The van der Waals surface area contributed by atoms with Crippen molar-refractivity contribution in [3.05, 3.63) is 33.4 Å². The van der Waals surface area contributed by atoms with Crippen molar-refractivity contribution in [3.63, 3.8) is 0 Å². The number of nitrogens with zero attached hydrogens (tertiary/aromatic N) is 1. The number of nitro benzene ring substituents is 1. The van der Waals surface area contributed by atoms with E-state index in [1.165, 1.54) is 6.07 Å². The second kappa shape index (κ2) is 3.15. The van der Waals surface area contributed by atoms with Crippen molar-refractivity contribution >= 4 is 18.3 Å². The lowest BCUT2D eigenvalue weighted by Crippen LogP contribution is -1.92. The summed E-state index contributed by atoms with van der Waals surface area (Å²) in [5.41, 5.74) is 1.77. The lowest BCUT2D eigenvalue weighted by Gasteiger charge is -2.01. The third-order valence-electron chi connectivity index (χ3n) is 1.71. The van der Waals surface area contributed by atoms with Gasteiger partial charge in [0, 0.05) is 16.5 Å². The van der Waals surface area contributed by atoms with Crippen molar-refractivity contribution in [2.75, 3.05) is 0 Å². The molecule has 0 fully saturated rings. The van der Waals surface area contributed by atoms with Gasteiger partial charge in [0.2, 0.25) is 0 Å². The maximum atomic E-state index is 10.5. The molecule has 0 aliphatic rings. The number of rotatable bonds is 1. The number of thiol groups is 1. The molecule has 0 saturated carbocycles. The van der Waals surface area contributed by atoms with E-state index in [2.05, 4.69) is 12.6 Å². The van der Waals surface area contributed by atoms with Crippen LogP contribution in [0, 0.1) is 24.0 Å². The largest absolute Gasteiger partial charge is 0.273 e. The minimum absolute atomic E-state index is 0.130. The van der Waals surface area contributed by atoms with E-state index in [4.69, 9.17) is 0 Å². The molecule has 0 bridgehead atoms. The van der Waals surface area contributed by atoms with Crippen molar-refractivity contribution in [1.82, 2.24) is 0 Å². The third kappa shape index (κ3) is 1.58. The molecule has 0 radical (unpaired) electrons. The first-order chi connectivity index (χ1) is 5.52. The lowest BCUT2D eigenvalue weighted by molar-refractivity contribution is -0.385. The summed E-state index contributed by atoms with van der Waals surface area (Å²) in [6, 6.07) is 3.24. The maximum Gasteiger partial charge on any atom is 0.273 e. The molecule has 12 heavy (non-hydrogen) atoms. The van der Waals surface area contributed by atoms with Crippen LogP contribution < -0.4 is 0 Å². The van der Waals surface area contributed by atoms with Crippen LogP contribution >= 0.6 is 12.6 Å². The van der Waals surface area contributed by atoms with Gasteiger partial charge in [-0.05, 0) is 25.5 Å². The molecule has 64 valence electrons. The number of nitro groups is 1. The zero-order valence-corrected chi connectivity index (χ0v) is 7.76. The molecule has 4 heteroatoms. The van der Waals surface area contributed by atoms with Gasteiger partial charge in [-0.25, -0.2) is 0 Å². The fourth-order valence-corrected chi connectivity index (χ4v) is 1.21. The zero-order chi connectivity index (χ0) is 9.30. The molecule has 0 heterocycles. The fourth-order valence-electron chi connectivity index (χ4n) is 1.03. The molecule has 0 amide bonds. The van der Waals surface area contributed by atoms with Crippen LogP contribution in [0.1, 0.15) is 11.1 Å². The number of benzene rings is 1. The van der Waals surface area contributed by atoms with Gasteiger partial charge >= 0.3 is 0 Å². The van der Waals surface area contributed by atoms with Crippen LogP contribution in [0.25, 0.3) is 0 Å². The van der Waals surface area contributed by atoms with Gasteiger partial charge in [-0.3, -0.25) is 10.1 Å². The smallest absolute Gasteiger partial charge is 0.258 e. The Morgan fingerprint density at radius 2 is 1.92 bits per heavy atom. The van der Waals surface area contributed by atoms with Gasteiger partial charge in [0.25, 0.3) is 5.69 Å². The summed E-state index contributed by atoms with van der Waals surface area (Å²) in [4.78, 5) is 10.7. The third-order valence-corrected chi connectivity index (χ3v) is 2.19. The quantitative estimate of drug-likeness (QED) is 0.413. The van der Waals surface area contributed by atoms with E-state index in [0.717, 1.165) is 5.56 Å². The highest BCUT2D eigenvalue weighted by Crippen LogP contribution is 2.24. The summed E-state index contributed by atoms with van der Waals surface area (Å²) in [7, 11) is 0. The summed E-state index contributed by atoms with van der Waals surface area (Å²) in [5, 5.41) is 10.5. The monoisotopic (exact) mass is 183 g/mol. The Kier molecular flexibility index (Phi) is 2.38. The van der Waals surface area contributed by atoms with Crippen molar-refractivity contribution in [2.24, 2.45) is 0 Å². The van der Waals surface area contributed by atoms with Gasteiger partial charge in [-0.2, -0.15) is 0 Å². The van der Waals surface area contributed by atoms with Crippen LogP contribution in [-0.2, 0) is 0 Å². The average molecular weight is 183 g/mol. The Hall–Kier alpha value is -1.03. The van der Waals surface area contributed by atoms with Crippen molar-refractivity contribution in [3.8, 4) is 0 Å². The molecule has 0 aromatic heterocycles. The maximum absolute atomic E-state index is 10.5. The first-order valence-corrected chi connectivity index (χ1v) is 3.91. The van der Waals surface area contributed by atoms with E-state index in [0.29, 0.717) is 10.5 Å². The number of hydrogen-bond donors (Lipinski definition) is 1. The van der Waals surface area contributed by atoms with E-state index in [9.17, 15) is 10.1 Å². The summed E-state index contributed by atoms with van der Waals surface area (Å²) in [6.07, 6.45) is 0. The highest BCUT2D eigenvalue weighted by atomic mass is 32.1. The molecule has 0 spiro atoms. The fraction of sp³-hybridized carbons (Fsp3) is 0.250. The molecule has 1 rings (SSSR count). The Labute approximate surface area is 76.0 Å². The van der Waals surface area contributed by atoms with Crippen molar-refractivity contribution in [2.45, 2.75) is 18.7 Å². The molecule has 3 nitrogen and oxygen atoms in total. The van der Waals surface area contributed by atoms with E-state index in [1.54, 1.807) is 13.0 Å². The van der Waals surface area contributed by atoms with Gasteiger partial charge in [0.15, 0.2) is 0 Å². The molecule has 0 saturated heterocycles. The molecule has 0 N–H and O–H groups in total. The first kappa shape index (κ1) is 9.06. The molecule has 0 aliphatic heterocycles. The molecule has 0 unspecified atom stereocenters. The standard InChI is InChI=1S/C8H9NO2S/c1-5-3-6(2)8(12)4-7(5)9(10)11/h3-4,12H,1-2H3. The van der Waals surface area contributed by atoms with Gasteiger partial charge < -0.3 is 0 Å². The van der Waals surface area contributed by atoms with Gasteiger partial charge in [-0.15, -0.1) is 12.6 Å². The zero-order valence-electron chi connectivity index (χ0n) is 6.87. The first-order valence-electron chi connectivity index (χ1n) is 3.47. The predicted molar refractivity (Wildman–Crippen MR) is 49.8 cm³/mol. The minimum atomic E-state index is -0.394. The molecular weight excluding hydrogens is 174 g/mol. The summed E-state index contributed by atoms with van der Waals surface area (Å²) >= 11 is 4.10.